The highest BCUT2D eigenvalue weighted by molar-refractivity contribution is 14.1. The Morgan fingerprint density at radius 1 is 1.18 bits per heavy atom. The number of amides is 2. The maximum absolute atomic E-state index is 11.9. The second-order valence-corrected chi connectivity index (χ2v) is 5.79. The molecule has 0 fully saturated rings. The molecule has 0 aliphatic carbocycles. The molecule has 1 rings (SSSR count). The van der Waals surface area contributed by atoms with Crippen molar-refractivity contribution in [1.82, 2.24) is 5.32 Å². The predicted molar refractivity (Wildman–Crippen MR) is 86.2 cm³/mol. The van der Waals surface area contributed by atoms with E-state index in [0.29, 0.717) is 35.7 Å². The molecule has 0 radical (unpaired) electrons. The molecule has 0 bridgehead atoms. The van der Waals surface area contributed by atoms with Gasteiger partial charge in [-0.15, -0.1) is 0 Å². The van der Waals surface area contributed by atoms with E-state index < -0.39 is 33.0 Å². The summed E-state index contributed by atoms with van der Waals surface area (Å²) in [5.41, 5.74) is 0.191. The number of carbonyl (C=O) groups is 2. The first-order valence-electron chi connectivity index (χ1n) is 6.51. The zero-order chi connectivity index (χ0) is 16.4. The molecule has 8 heteroatoms. The summed E-state index contributed by atoms with van der Waals surface area (Å²) in [6.07, 6.45) is 0. The Balaban J connectivity index is 2.63. The summed E-state index contributed by atoms with van der Waals surface area (Å²) in [6.45, 7) is 2.92. The van der Waals surface area contributed by atoms with Crippen molar-refractivity contribution in [3.05, 3.63) is 27.3 Å². The van der Waals surface area contributed by atoms with Crippen LogP contribution in [0.5, 0.6) is 5.75 Å². The third-order valence-electron chi connectivity index (χ3n) is 2.48. The topological polar surface area (TPSA) is 90.9 Å². The zero-order valence-corrected chi connectivity index (χ0v) is 14.5. The van der Waals surface area contributed by atoms with Gasteiger partial charge in [-0.05, 0) is 18.2 Å². The summed E-state index contributed by atoms with van der Waals surface area (Å²) in [5.74, 6) is -0.608. The van der Waals surface area contributed by atoms with Gasteiger partial charge in [-0.3, -0.25) is 18.0 Å². The van der Waals surface area contributed by atoms with Crippen molar-refractivity contribution in [1.29, 1.82) is 0 Å². The number of benzene rings is 1. The van der Waals surface area contributed by atoms with Crippen LogP contribution in [-0.2, 0) is 17.3 Å². The number of halogens is 1. The number of imide groups is 1. The summed E-state index contributed by atoms with van der Waals surface area (Å²) >= 11 is -1.52. The van der Waals surface area contributed by atoms with E-state index in [1.165, 1.54) is 13.0 Å². The van der Waals surface area contributed by atoms with Gasteiger partial charge in [-0.2, -0.15) is 0 Å². The van der Waals surface area contributed by atoms with E-state index in [-0.39, 0.29) is 5.56 Å². The van der Waals surface area contributed by atoms with Crippen molar-refractivity contribution in [3.63, 3.8) is 0 Å². The molecule has 1 aromatic carbocycles. The number of ether oxygens (including phenoxy) is 3. The van der Waals surface area contributed by atoms with Gasteiger partial charge < -0.3 is 14.2 Å². The molecule has 0 saturated carbocycles. The number of rotatable bonds is 9. The molecule has 0 aromatic heterocycles. The van der Waals surface area contributed by atoms with Crippen LogP contribution < -0.4 is 10.1 Å². The molecular weight excluding hydrogens is 405 g/mol. The minimum atomic E-state index is -1.52. The third kappa shape index (κ3) is 6.58. The van der Waals surface area contributed by atoms with Gasteiger partial charge in [-0.1, -0.05) is 0 Å². The molecule has 0 saturated heterocycles. The van der Waals surface area contributed by atoms with Gasteiger partial charge in [0.2, 0.25) is 5.91 Å². The largest absolute Gasteiger partial charge is 0.491 e. The Morgan fingerprint density at radius 3 is 2.55 bits per heavy atom. The lowest BCUT2D eigenvalue weighted by Gasteiger charge is -2.09. The number of hydrogen-bond donors (Lipinski definition) is 1. The number of nitrogens with one attached hydrogen (secondary N) is 1. The van der Waals surface area contributed by atoms with Crippen LogP contribution in [0.2, 0.25) is 0 Å². The van der Waals surface area contributed by atoms with Crippen LogP contribution in [0.4, 0.5) is 0 Å². The quantitative estimate of drug-likeness (QED) is 0.478. The summed E-state index contributed by atoms with van der Waals surface area (Å²) < 4.78 is 27.2. The monoisotopic (exact) mass is 423 g/mol. The fourth-order valence-electron chi connectivity index (χ4n) is 1.53. The summed E-state index contributed by atoms with van der Waals surface area (Å²) in [6, 6.07) is 4.67. The van der Waals surface area contributed by atoms with Gasteiger partial charge in [0, 0.05) is 14.0 Å². The number of hydrogen-bond acceptors (Lipinski definition) is 6. The fourth-order valence-corrected chi connectivity index (χ4v) is 2.49. The molecule has 1 aromatic rings. The van der Waals surface area contributed by atoms with E-state index >= 15 is 0 Å². The van der Waals surface area contributed by atoms with Crippen molar-refractivity contribution in [2.75, 3.05) is 33.5 Å². The maximum Gasteiger partial charge on any atom is 0.259 e. The number of methoxy groups -OCH3 is 1. The lowest BCUT2D eigenvalue weighted by atomic mass is 10.2. The Hall–Kier alpha value is -1.39. The Labute approximate surface area is 139 Å². The van der Waals surface area contributed by atoms with Crippen LogP contribution in [0.1, 0.15) is 17.3 Å². The van der Waals surface area contributed by atoms with Gasteiger partial charge in [0.05, 0.1) is 29.0 Å². The SMILES string of the molecule is COCCOCCOc1ccc(I=O)c(C(=O)NC(C)=O)c1. The van der Waals surface area contributed by atoms with Gasteiger partial charge in [0.1, 0.15) is 12.4 Å². The average Bonchev–Trinajstić information content (AvgIpc) is 2.50. The molecule has 0 unspecified atom stereocenters. The molecule has 122 valence electrons. The normalized spacial score (nSPS) is 10.3. The van der Waals surface area contributed by atoms with Crippen LogP contribution in [0.15, 0.2) is 18.2 Å². The highest BCUT2D eigenvalue weighted by Crippen LogP contribution is 2.22. The molecule has 7 nitrogen and oxygen atoms in total. The van der Waals surface area contributed by atoms with Crippen molar-refractivity contribution >= 4 is 33.0 Å². The molecule has 0 aliphatic rings. The second kappa shape index (κ2) is 10.4. The Morgan fingerprint density at radius 2 is 1.91 bits per heavy atom. The summed E-state index contributed by atoms with van der Waals surface area (Å²) in [5, 5.41) is 2.16. The first-order chi connectivity index (χ1) is 10.6. The lowest BCUT2D eigenvalue weighted by molar-refractivity contribution is -0.118. The van der Waals surface area contributed by atoms with Crippen LogP contribution in [0.25, 0.3) is 0 Å². The van der Waals surface area contributed by atoms with Gasteiger partial charge >= 0.3 is 0 Å². The van der Waals surface area contributed by atoms with E-state index in [9.17, 15) is 12.7 Å². The molecule has 2 amide bonds. The molecule has 22 heavy (non-hydrogen) atoms. The van der Waals surface area contributed by atoms with Crippen molar-refractivity contribution in [2.45, 2.75) is 6.92 Å². The van der Waals surface area contributed by atoms with E-state index in [1.54, 1.807) is 19.2 Å². The molecule has 0 heterocycles. The summed E-state index contributed by atoms with van der Waals surface area (Å²) in [7, 11) is 1.59. The van der Waals surface area contributed by atoms with Crippen LogP contribution in [0, 0.1) is 3.57 Å². The maximum atomic E-state index is 11.9. The van der Waals surface area contributed by atoms with Gasteiger partial charge in [0.25, 0.3) is 5.91 Å². The van der Waals surface area contributed by atoms with Crippen molar-refractivity contribution < 1.29 is 26.9 Å². The smallest absolute Gasteiger partial charge is 0.259 e. The van der Waals surface area contributed by atoms with Crippen LogP contribution in [0.3, 0.4) is 0 Å². The molecule has 1 N–H and O–H groups in total. The lowest BCUT2D eigenvalue weighted by Crippen LogP contribution is -2.28. The Bertz CT molecular complexity index is 534. The van der Waals surface area contributed by atoms with E-state index in [2.05, 4.69) is 5.32 Å². The van der Waals surface area contributed by atoms with E-state index in [4.69, 9.17) is 14.2 Å². The third-order valence-corrected chi connectivity index (χ3v) is 3.90. The van der Waals surface area contributed by atoms with Crippen molar-refractivity contribution in [3.8, 4) is 5.75 Å². The zero-order valence-electron chi connectivity index (χ0n) is 12.4. The first kappa shape index (κ1) is 18.7. The highest BCUT2D eigenvalue weighted by atomic mass is 127. The summed E-state index contributed by atoms with van der Waals surface area (Å²) in [4.78, 5) is 22.8. The fraction of sp³-hybridized carbons (Fsp3) is 0.429. The van der Waals surface area contributed by atoms with Crippen LogP contribution >= 0.6 is 21.2 Å². The average molecular weight is 423 g/mol. The second-order valence-electron chi connectivity index (χ2n) is 4.18. The Kier molecular flexibility index (Phi) is 8.78. The number of carbonyl (C=O) groups excluding carboxylic acids is 2. The minimum absolute atomic E-state index is 0.191. The molecule has 0 atom stereocenters. The molecule has 0 aliphatic heterocycles. The molecular formula is C14H18INO6. The van der Waals surface area contributed by atoms with Crippen LogP contribution in [-0.4, -0.2) is 45.4 Å². The van der Waals surface area contributed by atoms with Crippen molar-refractivity contribution in [2.24, 2.45) is 0 Å². The highest BCUT2D eigenvalue weighted by Gasteiger charge is 2.14. The minimum Gasteiger partial charge on any atom is -0.491 e. The predicted octanol–water partition coefficient (Wildman–Crippen LogP) is 1.49. The van der Waals surface area contributed by atoms with Gasteiger partial charge in [0.15, 0.2) is 21.2 Å². The van der Waals surface area contributed by atoms with E-state index in [0.717, 1.165) is 0 Å². The first-order valence-corrected chi connectivity index (χ1v) is 8.47. The van der Waals surface area contributed by atoms with Gasteiger partial charge in [-0.25, -0.2) is 0 Å². The molecule has 0 spiro atoms. The standard InChI is InChI=1S/C14H18INO6/c1-10(17)16-14(18)12-9-11(3-4-13(12)15-19)22-8-7-21-6-5-20-2/h3-4,9H,5-8H2,1-2H3,(H,16,17,18). The van der Waals surface area contributed by atoms with E-state index in [1.807, 2.05) is 0 Å².